The van der Waals surface area contributed by atoms with Gasteiger partial charge in [-0.3, -0.25) is 0 Å². The smallest absolute Gasteiger partial charge is 0.154 e. The van der Waals surface area contributed by atoms with Gasteiger partial charge in [-0.15, -0.1) is 6.58 Å². The van der Waals surface area contributed by atoms with Gasteiger partial charge in [0.25, 0.3) is 0 Å². The van der Waals surface area contributed by atoms with Gasteiger partial charge in [0.1, 0.15) is 0 Å². The second-order valence-corrected chi connectivity index (χ2v) is 4.64. The van der Waals surface area contributed by atoms with Gasteiger partial charge in [-0.05, 0) is 12.5 Å². The minimum atomic E-state index is -0.212. The second-order valence-electron chi connectivity index (χ2n) is 4.64. The van der Waals surface area contributed by atoms with E-state index in [0.29, 0.717) is 26.4 Å². The van der Waals surface area contributed by atoms with E-state index in [1.807, 2.05) is 25.1 Å². The average molecular weight is 248 g/mol. The van der Waals surface area contributed by atoms with Crippen LogP contribution in [0.1, 0.15) is 12.5 Å². The molecule has 1 aliphatic rings. The van der Waals surface area contributed by atoms with Crippen molar-refractivity contribution in [2.24, 2.45) is 0 Å². The van der Waals surface area contributed by atoms with Gasteiger partial charge in [-0.1, -0.05) is 36.4 Å². The maximum absolute atomic E-state index is 5.65. The first kappa shape index (κ1) is 13.3. The lowest BCUT2D eigenvalue weighted by atomic mass is 9.82. The average Bonchev–Trinajstić information content (AvgIpc) is 2.43. The summed E-state index contributed by atoms with van der Waals surface area (Å²) in [7, 11) is 0. The van der Waals surface area contributed by atoms with Crippen molar-refractivity contribution in [3.05, 3.63) is 48.6 Å². The predicted octanol–water partition coefficient (Wildman–Crippen LogP) is 2.52. The van der Waals surface area contributed by atoms with E-state index in [1.165, 1.54) is 5.56 Å². The molecule has 0 spiro atoms. The highest BCUT2D eigenvalue weighted by Crippen LogP contribution is 2.30. The quantitative estimate of drug-likeness (QED) is 0.592. The lowest BCUT2D eigenvalue weighted by Crippen LogP contribution is -2.47. The second kappa shape index (κ2) is 6.14. The van der Waals surface area contributed by atoms with E-state index < -0.39 is 0 Å². The van der Waals surface area contributed by atoms with Gasteiger partial charge >= 0.3 is 0 Å². The number of benzene rings is 1. The molecular formula is C15H20O3. The molecule has 0 bridgehead atoms. The summed E-state index contributed by atoms with van der Waals surface area (Å²) in [5.74, 6) is 0. The summed E-state index contributed by atoms with van der Waals surface area (Å²) in [6, 6.07) is 10.3. The third-order valence-electron chi connectivity index (χ3n) is 3.19. The van der Waals surface area contributed by atoms with Gasteiger partial charge in [-0.2, -0.15) is 0 Å². The van der Waals surface area contributed by atoms with Crippen molar-refractivity contribution in [3.8, 4) is 0 Å². The van der Waals surface area contributed by atoms with E-state index in [2.05, 4.69) is 18.7 Å². The Hall–Kier alpha value is -1.16. The minimum Gasteiger partial charge on any atom is -0.376 e. The van der Waals surface area contributed by atoms with Crippen molar-refractivity contribution >= 4 is 0 Å². The van der Waals surface area contributed by atoms with Gasteiger partial charge in [0.2, 0.25) is 0 Å². The fraction of sp³-hybridized carbons (Fsp3) is 0.467. The van der Waals surface area contributed by atoms with E-state index in [0.717, 1.165) is 0 Å². The van der Waals surface area contributed by atoms with E-state index >= 15 is 0 Å². The highest BCUT2D eigenvalue weighted by molar-refractivity contribution is 5.26. The van der Waals surface area contributed by atoms with E-state index in [1.54, 1.807) is 6.08 Å². The third kappa shape index (κ3) is 2.99. The van der Waals surface area contributed by atoms with Gasteiger partial charge < -0.3 is 14.2 Å². The first-order valence-corrected chi connectivity index (χ1v) is 6.24. The molecule has 0 aliphatic carbocycles. The summed E-state index contributed by atoms with van der Waals surface area (Å²) in [5.41, 5.74) is 0.984. The van der Waals surface area contributed by atoms with Crippen molar-refractivity contribution < 1.29 is 14.2 Å². The monoisotopic (exact) mass is 248 g/mol. The Kier molecular flexibility index (Phi) is 4.53. The van der Waals surface area contributed by atoms with Crippen LogP contribution in [0.5, 0.6) is 0 Å². The molecule has 1 fully saturated rings. The molecule has 0 aromatic heterocycles. The zero-order valence-corrected chi connectivity index (χ0v) is 10.8. The Morgan fingerprint density at radius 3 is 2.61 bits per heavy atom. The summed E-state index contributed by atoms with van der Waals surface area (Å²) in [6.45, 7) is 7.95. The molecule has 1 aromatic rings. The summed E-state index contributed by atoms with van der Waals surface area (Å²) >= 11 is 0. The topological polar surface area (TPSA) is 27.7 Å². The maximum atomic E-state index is 5.65. The molecule has 1 heterocycles. The van der Waals surface area contributed by atoms with E-state index in [9.17, 15) is 0 Å². The highest BCUT2D eigenvalue weighted by atomic mass is 16.7. The van der Waals surface area contributed by atoms with Crippen molar-refractivity contribution in [2.45, 2.75) is 18.6 Å². The van der Waals surface area contributed by atoms with Crippen LogP contribution in [-0.2, 0) is 19.6 Å². The van der Waals surface area contributed by atoms with E-state index in [4.69, 9.17) is 14.2 Å². The van der Waals surface area contributed by atoms with Gasteiger partial charge in [0.15, 0.2) is 6.29 Å². The van der Waals surface area contributed by atoms with Crippen LogP contribution in [0.15, 0.2) is 43.0 Å². The molecule has 0 N–H and O–H groups in total. The SMILES string of the molecule is C=CCOCC1(c2ccccc2)COC(C)OC1. The van der Waals surface area contributed by atoms with Crippen LogP contribution in [0.4, 0.5) is 0 Å². The highest BCUT2D eigenvalue weighted by Gasteiger charge is 2.37. The minimum absolute atomic E-state index is 0.138. The Morgan fingerprint density at radius 1 is 1.33 bits per heavy atom. The standard InChI is InChI=1S/C15H20O3/c1-3-9-16-10-15(11-17-13(2)18-12-15)14-7-5-4-6-8-14/h3-8,13H,1,9-12H2,2H3. The number of hydrogen-bond donors (Lipinski definition) is 0. The molecular weight excluding hydrogens is 228 g/mol. The zero-order chi connectivity index (χ0) is 12.8. The van der Waals surface area contributed by atoms with Gasteiger partial charge in [0.05, 0.1) is 31.8 Å². The molecule has 1 aromatic carbocycles. The molecule has 1 aliphatic heterocycles. The fourth-order valence-electron chi connectivity index (χ4n) is 2.11. The van der Waals surface area contributed by atoms with Crippen LogP contribution in [0.2, 0.25) is 0 Å². The first-order valence-electron chi connectivity index (χ1n) is 6.24. The van der Waals surface area contributed by atoms with E-state index in [-0.39, 0.29) is 11.7 Å². The first-order chi connectivity index (χ1) is 8.77. The summed E-state index contributed by atoms with van der Waals surface area (Å²) in [5, 5.41) is 0. The Balaban J connectivity index is 2.14. The molecule has 98 valence electrons. The van der Waals surface area contributed by atoms with Crippen LogP contribution >= 0.6 is 0 Å². The molecule has 0 saturated carbocycles. The predicted molar refractivity (Wildman–Crippen MR) is 70.5 cm³/mol. The van der Waals surface area contributed by atoms with Crippen LogP contribution < -0.4 is 0 Å². The molecule has 2 rings (SSSR count). The van der Waals surface area contributed by atoms with Gasteiger partial charge in [-0.25, -0.2) is 0 Å². The zero-order valence-electron chi connectivity index (χ0n) is 10.8. The van der Waals surface area contributed by atoms with Crippen LogP contribution in [-0.4, -0.2) is 32.7 Å². The Bertz CT molecular complexity index is 367. The lowest BCUT2D eigenvalue weighted by molar-refractivity contribution is -0.208. The van der Waals surface area contributed by atoms with Crippen LogP contribution in [0.3, 0.4) is 0 Å². The Labute approximate surface area is 108 Å². The molecule has 3 heteroatoms. The maximum Gasteiger partial charge on any atom is 0.154 e. The van der Waals surface area contributed by atoms with Crippen LogP contribution in [0, 0.1) is 0 Å². The summed E-state index contributed by atoms with van der Waals surface area (Å²) in [4.78, 5) is 0. The molecule has 0 unspecified atom stereocenters. The third-order valence-corrected chi connectivity index (χ3v) is 3.19. The number of ether oxygens (including phenoxy) is 3. The fourth-order valence-corrected chi connectivity index (χ4v) is 2.11. The molecule has 3 nitrogen and oxygen atoms in total. The van der Waals surface area contributed by atoms with Crippen LogP contribution in [0.25, 0.3) is 0 Å². The summed E-state index contributed by atoms with van der Waals surface area (Å²) < 4.78 is 16.9. The number of rotatable bonds is 5. The summed E-state index contributed by atoms with van der Waals surface area (Å²) in [6.07, 6.45) is 1.62. The molecule has 0 atom stereocenters. The normalized spacial score (nSPS) is 27.9. The van der Waals surface area contributed by atoms with Crippen molar-refractivity contribution in [2.75, 3.05) is 26.4 Å². The largest absolute Gasteiger partial charge is 0.376 e. The number of hydrogen-bond acceptors (Lipinski definition) is 3. The van der Waals surface area contributed by atoms with Gasteiger partial charge in [0, 0.05) is 0 Å². The van der Waals surface area contributed by atoms with Crippen molar-refractivity contribution in [1.29, 1.82) is 0 Å². The molecule has 1 saturated heterocycles. The Morgan fingerprint density at radius 2 is 2.00 bits per heavy atom. The van der Waals surface area contributed by atoms with Crippen molar-refractivity contribution in [1.82, 2.24) is 0 Å². The van der Waals surface area contributed by atoms with Crippen molar-refractivity contribution in [3.63, 3.8) is 0 Å². The molecule has 0 amide bonds. The molecule has 18 heavy (non-hydrogen) atoms. The lowest BCUT2D eigenvalue weighted by Gasteiger charge is -2.39. The molecule has 0 radical (unpaired) electrons.